The van der Waals surface area contributed by atoms with Crippen molar-refractivity contribution in [2.75, 3.05) is 13.2 Å². The smallest absolute Gasteiger partial charge is 0.364 e. The van der Waals surface area contributed by atoms with Crippen LogP contribution in [0.4, 0.5) is 13.2 Å². The van der Waals surface area contributed by atoms with E-state index in [0.717, 1.165) is 13.0 Å². The predicted octanol–water partition coefficient (Wildman–Crippen LogP) is 2.25. The number of rotatable bonds is 7. The predicted molar refractivity (Wildman–Crippen MR) is 54.2 cm³/mol. The number of halogens is 3. The van der Waals surface area contributed by atoms with E-state index in [1.54, 1.807) is 6.07 Å². The number of hydrogen-bond acceptors (Lipinski definition) is 4. The lowest BCUT2D eigenvalue weighted by Gasteiger charge is -2.04. The van der Waals surface area contributed by atoms with Crippen LogP contribution >= 0.6 is 0 Å². The van der Waals surface area contributed by atoms with Crippen LogP contribution in [0.3, 0.4) is 0 Å². The molecule has 0 aliphatic carbocycles. The van der Waals surface area contributed by atoms with Crippen molar-refractivity contribution >= 4 is 0 Å². The Morgan fingerprint density at radius 1 is 1.47 bits per heavy atom. The second-order valence-electron chi connectivity index (χ2n) is 3.57. The first-order valence-electron chi connectivity index (χ1n) is 5.31. The second kappa shape index (κ2) is 6.61. The Kier molecular flexibility index (Phi) is 5.43. The molecule has 4 nitrogen and oxygen atoms in total. The molecule has 1 aromatic heterocycles. The zero-order valence-electron chi connectivity index (χ0n) is 9.51. The first-order valence-corrected chi connectivity index (χ1v) is 5.31. The van der Waals surface area contributed by atoms with Crippen LogP contribution in [-0.4, -0.2) is 24.5 Å². The van der Waals surface area contributed by atoms with Crippen LogP contribution in [0.5, 0.6) is 0 Å². The Labute approximate surface area is 97.1 Å². The number of alkyl halides is 3. The summed E-state index contributed by atoms with van der Waals surface area (Å²) in [5, 5.41) is 6.81. The summed E-state index contributed by atoms with van der Waals surface area (Å²) in [5.74, 6) is 0.294. The summed E-state index contributed by atoms with van der Waals surface area (Å²) in [6, 6.07) is 1.58. The molecule has 0 saturated carbocycles. The van der Waals surface area contributed by atoms with Gasteiger partial charge in [-0.05, 0) is 13.0 Å². The molecule has 0 bridgehead atoms. The highest BCUT2D eigenvalue weighted by molar-refractivity contribution is 5.04. The fourth-order valence-corrected chi connectivity index (χ4v) is 1.17. The number of nitrogens with one attached hydrogen (secondary N) is 1. The zero-order chi connectivity index (χ0) is 12.7. The van der Waals surface area contributed by atoms with Gasteiger partial charge in [-0.15, -0.1) is 0 Å². The number of nitrogens with zero attached hydrogens (tertiary/aromatic N) is 1. The molecule has 0 unspecified atom stereocenters. The number of ether oxygens (including phenoxy) is 1. The third-order valence-electron chi connectivity index (χ3n) is 1.85. The minimum absolute atomic E-state index is 0.222. The van der Waals surface area contributed by atoms with E-state index in [1.807, 2.05) is 6.92 Å². The van der Waals surface area contributed by atoms with Gasteiger partial charge in [-0.3, -0.25) is 0 Å². The topological polar surface area (TPSA) is 47.3 Å². The lowest BCUT2D eigenvalue weighted by molar-refractivity contribution is -0.177. The maximum atomic E-state index is 11.8. The lowest BCUT2D eigenvalue weighted by Crippen LogP contribution is -2.16. The molecule has 0 aromatic carbocycles. The Morgan fingerprint density at radius 2 is 2.24 bits per heavy atom. The highest BCUT2D eigenvalue weighted by Gasteiger charge is 2.27. The van der Waals surface area contributed by atoms with E-state index in [9.17, 15) is 13.2 Å². The van der Waals surface area contributed by atoms with Gasteiger partial charge in [-0.1, -0.05) is 12.1 Å². The lowest BCUT2D eigenvalue weighted by atomic mass is 10.3. The summed E-state index contributed by atoms with van der Waals surface area (Å²) in [7, 11) is 0. The molecule has 1 N–H and O–H groups in total. The summed E-state index contributed by atoms with van der Waals surface area (Å²) in [6.07, 6.45) is -3.31. The van der Waals surface area contributed by atoms with Crippen molar-refractivity contribution in [2.45, 2.75) is 32.7 Å². The van der Waals surface area contributed by atoms with Gasteiger partial charge in [-0.2, -0.15) is 13.2 Å². The molecular formula is C10H15F3N2O2. The van der Waals surface area contributed by atoms with Gasteiger partial charge in [0.05, 0.1) is 5.69 Å². The maximum absolute atomic E-state index is 11.8. The normalized spacial score (nSPS) is 12.0. The van der Waals surface area contributed by atoms with Crippen LogP contribution < -0.4 is 5.32 Å². The van der Waals surface area contributed by atoms with Gasteiger partial charge in [0, 0.05) is 12.6 Å². The molecule has 7 heteroatoms. The maximum Gasteiger partial charge on any atom is 0.411 e. The van der Waals surface area contributed by atoms with Gasteiger partial charge >= 0.3 is 6.18 Å². The van der Waals surface area contributed by atoms with Gasteiger partial charge in [0.1, 0.15) is 13.2 Å². The summed E-state index contributed by atoms with van der Waals surface area (Å²) in [6.45, 7) is 1.92. The monoisotopic (exact) mass is 252 g/mol. The molecule has 17 heavy (non-hydrogen) atoms. The summed E-state index contributed by atoms with van der Waals surface area (Å²) in [4.78, 5) is 0. The van der Waals surface area contributed by atoms with Gasteiger partial charge in [0.25, 0.3) is 0 Å². The van der Waals surface area contributed by atoms with Crippen LogP contribution in [0.25, 0.3) is 0 Å². The summed E-state index contributed by atoms with van der Waals surface area (Å²) in [5.41, 5.74) is 0.657. The molecule has 0 atom stereocenters. The SMILES string of the molecule is CCCNCc1cc(COCC(F)(F)F)on1. The highest BCUT2D eigenvalue weighted by atomic mass is 19.4. The minimum Gasteiger partial charge on any atom is -0.364 e. The van der Waals surface area contributed by atoms with Crippen molar-refractivity contribution in [3.63, 3.8) is 0 Å². The Morgan fingerprint density at radius 3 is 2.88 bits per heavy atom. The molecule has 0 fully saturated rings. The second-order valence-corrected chi connectivity index (χ2v) is 3.57. The van der Waals surface area contributed by atoms with E-state index in [2.05, 4.69) is 15.2 Å². The number of hydrogen-bond donors (Lipinski definition) is 1. The molecule has 1 rings (SSSR count). The molecule has 0 saturated heterocycles. The first-order chi connectivity index (χ1) is 8.01. The molecule has 0 amide bonds. The third kappa shape index (κ3) is 6.28. The Hall–Kier alpha value is -1.08. The van der Waals surface area contributed by atoms with Crippen molar-refractivity contribution in [1.29, 1.82) is 0 Å². The first kappa shape index (κ1) is 14.0. The van der Waals surface area contributed by atoms with Gasteiger partial charge in [-0.25, -0.2) is 0 Å². The molecule has 0 spiro atoms. The molecule has 0 aliphatic rings. The van der Waals surface area contributed by atoms with Gasteiger partial charge < -0.3 is 14.6 Å². The van der Waals surface area contributed by atoms with E-state index in [4.69, 9.17) is 4.52 Å². The van der Waals surface area contributed by atoms with E-state index in [0.29, 0.717) is 18.0 Å². The van der Waals surface area contributed by atoms with Crippen molar-refractivity contribution < 1.29 is 22.4 Å². The average molecular weight is 252 g/mol. The van der Waals surface area contributed by atoms with Crippen LogP contribution in [-0.2, 0) is 17.9 Å². The van der Waals surface area contributed by atoms with E-state index >= 15 is 0 Å². The van der Waals surface area contributed by atoms with E-state index < -0.39 is 12.8 Å². The van der Waals surface area contributed by atoms with Crippen LogP contribution in [0, 0.1) is 0 Å². The molecule has 1 heterocycles. The summed E-state index contributed by atoms with van der Waals surface area (Å²) >= 11 is 0. The van der Waals surface area contributed by atoms with Crippen molar-refractivity contribution in [3.8, 4) is 0 Å². The Bertz CT molecular complexity index is 326. The molecular weight excluding hydrogens is 237 g/mol. The van der Waals surface area contributed by atoms with E-state index in [-0.39, 0.29) is 6.61 Å². The van der Waals surface area contributed by atoms with Crippen LogP contribution in [0.2, 0.25) is 0 Å². The Balaban J connectivity index is 2.26. The number of aromatic nitrogens is 1. The molecule has 0 aliphatic heterocycles. The molecule has 1 aromatic rings. The van der Waals surface area contributed by atoms with Crippen molar-refractivity contribution in [2.24, 2.45) is 0 Å². The van der Waals surface area contributed by atoms with Crippen molar-refractivity contribution in [3.05, 3.63) is 17.5 Å². The largest absolute Gasteiger partial charge is 0.411 e. The third-order valence-corrected chi connectivity index (χ3v) is 1.85. The van der Waals surface area contributed by atoms with E-state index in [1.165, 1.54) is 0 Å². The fraction of sp³-hybridized carbons (Fsp3) is 0.700. The minimum atomic E-state index is -4.31. The summed E-state index contributed by atoms with van der Waals surface area (Å²) < 4.78 is 44.6. The van der Waals surface area contributed by atoms with Crippen molar-refractivity contribution in [1.82, 2.24) is 10.5 Å². The van der Waals surface area contributed by atoms with Crippen LogP contribution in [0.15, 0.2) is 10.6 Å². The standard InChI is InChI=1S/C10H15F3N2O2/c1-2-3-14-5-8-4-9(17-15-8)6-16-7-10(11,12)13/h4,14H,2-3,5-7H2,1H3. The van der Waals surface area contributed by atoms with Crippen LogP contribution in [0.1, 0.15) is 24.8 Å². The quantitative estimate of drug-likeness (QED) is 0.756. The molecule has 98 valence electrons. The van der Waals surface area contributed by atoms with Gasteiger partial charge in [0.2, 0.25) is 0 Å². The highest BCUT2D eigenvalue weighted by Crippen LogP contribution is 2.15. The molecule has 0 radical (unpaired) electrons. The fourth-order valence-electron chi connectivity index (χ4n) is 1.17. The zero-order valence-corrected chi connectivity index (χ0v) is 9.51. The average Bonchev–Trinajstić information content (AvgIpc) is 2.64. The van der Waals surface area contributed by atoms with Gasteiger partial charge in [0.15, 0.2) is 5.76 Å².